The summed E-state index contributed by atoms with van der Waals surface area (Å²) in [6, 6.07) is 17.2. The summed E-state index contributed by atoms with van der Waals surface area (Å²) in [4.78, 5) is 38.6. The summed E-state index contributed by atoms with van der Waals surface area (Å²) in [7, 11) is -4.22. The van der Waals surface area contributed by atoms with Crippen molar-refractivity contribution in [3.05, 3.63) is 86.7 Å². The van der Waals surface area contributed by atoms with Gasteiger partial charge < -0.3 is 14.2 Å². The average Bonchev–Trinajstić information content (AvgIpc) is 3.14. The molecule has 0 atom stereocenters. The van der Waals surface area contributed by atoms with E-state index in [0.717, 1.165) is 4.90 Å². The van der Waals surface area contributed by atoms with E-state index in [-0.39, 0.29) is 32.4 Å². The second-order valence-corrected chi connectivity index (χ2v) is 11.8. The zero-order chi connectivity index (χ0) is 28.2. The van der Waals surface area contributed by atoms with Crippen molar-refractivity contribution in [2.24, 2.45) is 0 Å². The first kappa shape index (κ1) is 28.7. The van der Waals surface area contributed by atoms with Crippen LogP contribution in [0.4, 0.5) is 10.5 Å². The highest BCUT2D eigenvalue weighted by molar-refractivity contribution is 9.10. The minimum atomic E-state index is -4.22. The van der Waals surface area contributed by atoms with E-state index in [2.05, 4.69) is 21.2 Å². The first-order chi connectivity index (χ1) is 18.6. The summed E-state index contributed by atoms with van der Waals surface area (Å²) in [5, 5.41) is 2.42. The van der Waals surface area contributed by atoms with E-state index in [1.54, 1.807) is 37.3 Å². The Balaban J connectivity index is 1.55. The SMILES string of the molecule is CCOc1cc(/C=C2\SC(=O)N(CC(=O)Nc3ccccc3)C2=O)cc(Br)c1OS(=O)(=O)c1ccc(Cl)cc1. The monoisotopic (exact) mass is 650 g/mol. The second kappa shape index (κ2) is 12.2. The first-order valence-corrected chi connectivity index (χ1v) is 14.7. The molecule has 3 aromatic carbocycles. The Morgan fingerprint density at radius 1 is 1.10 bits per heavy atom. The Morgan fingerprint density at radius 2 is 1.79 bits per heavy atom. The predicted molar refractivity (Wildman–Crippen MR) is 152 cm³/mol. The molecule has 0 saturated carbocycles. The van der Waals surface area contributed by atoms with E-state index in [1.165, 1.54) is 42.5 Å². The molecule has 1 saturated heterocycles. The molecule has 1 aliphatic heterocycles. The second-order valence-electron chi connectivity index (χ2n) is 7.94. The van der Waals surface area contributed by atoms with E-state index < -0.39 is 33.7 Å². The summed E-state index contributed by atoms with van der Waals surface area (Å²) >= 11 is 9.85. The molecular formula is C26H20BrClN2O7S2. The van der Waals surface area contributed by atoms with Crippen molar-refractivity contribution >= 4 is 78.2 Å². The van der Waals surface area contributed by atoms with Crippen LogP contribution in [0.1, 0.15) is 12.5 Å². The number of ether oxygens (including phenoxy) is 1. The number of nitrogens with one attached hydrogen (secondary N) is 1. The van der Waals surface area contributed by atoms with Gasteiger partial charge in [0.15, 0.2) is 11.5 Å². The maximum Gasteiger partial charge on any atom is 0.339 e. The Morgan fingerprint density at radius 3 is 2.46 bits per heavy atom. The number of nitrogens with zero attached hydrogens (tertiary/aromatic N) is 1. The number of imide groups is 1. The van der Waals surface area contributed by atoms with E-state index in [1.807, 2.05) is 0 Å². The first-order valence-electron chi connectivity index (χ1n) is 11.3. The van der Waals surface area contributed by atoms with Crippen LogP contribution < -0.4 is 14.2 Å². The normalized spacial score (nSPS) is 14.5. The number of carbonyl (C=O) groups is 3. The lowest BCUT2D eigenvalue weighted by atomic mass is 10.2. The lowest BCUT2D eigenvalue weighted by molar-refractivity contribution is -0.127. The molecule has 1 aliphatic rings. The number of hydrogen-bond acceptors (Lipinski definition) is 8. The largest absolute Gasteiger partial charge is 0.490 e. The average molecular weight is 652 g/mol. The van der Waals surface area contributed by atoms with Crippen LogP contribution in [-0.4, -0.2) is 43.5 Å². The maximum absolute atomic E-state index is 12.9. The number of carbonyl (C=O) groups excluding carboxylic acids is 3. The minimum Gasteiger partial charge on any atom is -0.490 e. The van der Waals surface area contributed by atoms with E-state index in [9.17, 15) is 22.8 Å². The topological polar surface area (TPSA) is 119 Å². The van der Waals surface area contributed by atoms with E-state index >= 15 is 0 Å². The van der Waals surface area contributed by atoms with Gasteiger partial charge in [0.1, 0.15) is 11.4 Å². The number of rotatable bonds is 9. The van der Waals surface area contributed by atoms with Gasteiger partial charge in [-0.15, -0.1) is 0 Å². The molecule has 0 aromatic heterocycles. The molecule has 202 valence electrons. The number of amides is 3. The third-order valence-corrected chi connectivity index (χ3v) is 8.14. The molecule has 13 heteroatoms. The van der Waals surface area contributed by atoms with E-state index in [4.69, 9.17) is 20.5 Å². The van der Waals surface area contributed by atoms with Crippen molar-refractivity contribution < 1.29 is 31.7 Å². The highest BCUT2D eigenvalue weighted by atomic mass is 79.9. The van der Waals surface area contributed by atoms with Crippen molar-refractivity contribution in [1.29, 1.82) is 0 Å². The fourth-order valence-corrected chi connectivity index (χ4v) is 6.00. The van der Waals surface area contributed by atoms with Crippen molar-refractivity contribution in [1.82, 2.24) is 4.90 Å². The van der Waals surface area contributed by atoms with Crippen LogP contribution in [0, 0.1) is 0 Å². The molecule has 0 bridgehead atoms. The van der Waals surface area contributed by atoms with E-state index in [0.29, 0.717) is 28.0 Å². The smallest absolute Gasteiger partial charge is 0.339 e. The molecular weight excluding hydrogens is 632 g/mol. The van der Waals surface area contributed by atoms with Crippen LogP contribution in [-0.2, 0) is 19.7 Å². The fraction of sp³-hybridized carbons (Fsp3) is 0.115. The van der Waals surface area contributed by atoms with Gasteiger partial charge in [-0.05, 0) is 94.8 Å². The van der Waals surface area contributed by atoms with Gasteiger partial charge in [0, 0.05) is 10.7 Å². The maximum atomic E-state index is 12.9. The van der Waals surface area contributed by atoms with Gasteiger partial charge in [-0.3, -0.25) is 19.3 Å². The van der Waals surface area contributed by atoms with Crippen LogP contribution in [0.2, 0.25) is 5.02 Å². The fourth-order valence-electron chi connectivity index (χ4n) is 3.43. The van der Waals surface area contributed by atoms with Crippen LogP contribution >= 0.6 is 39.3 Å². The Bertz CT molecular complexity index is 1560. The molecule has 3 aromatic rings. The lowest BCUT2D eigenvalue weighted by Crippen LogP contribution is -2.36. The summed E-state index contributed by atoms with van der Waals surface area (Å²) in [5.41, 5.74) is 0.972. The minimum absolute atomic E-state index is 0.0873. The summed E-state index contributed by atoms with van der Waals surface area (Å²) in [5.74, 6) is -1.14. The molecule has 9 nitrogen and oxygen atoms in total. The van der Waals surface area contributed by atoms with Crippen LogP contribution in [0.5, 0.6) is 11.5 Å². The van der Waals surface area contributed by atoms with Gasteiger partial charge in [0.2, 0.25) is 5.91 Å². The highest BCUT2D eigenvalue weighted by Gasteiger charge is 2.36. The summed E-state index contributed by atoms with van der Waals surface area (Å²) < 4.78 is 36.9. The Labute approximate surface area is 242 Å². The number of halogens is 2. The number of thioether (sulfide) groups is 1. The van der Waals surface area contributed by atoms with Gasteiger partial charge in [-0.2, -0.15) is 8.42 Å². The summed E-state index contributed by atoms with van der Waals surface area (Å²) in [6.45, 7) is 1.46. The van der Waals surface area contributed by atoms with Crippen molar-refractivity contribution in [2.75, 3.05) is 18.5 Å². The quantitative estimate of drug-likeness (QED) is 0.223. The number of hydrogen-bond donors (Lipinski definition) is 1. The standard InChI is InChI=1S/C26H20BrClN2O7S2/c1-2-36-21-13-16(12-20(27)24(21)37-39(34,35)19-10-8-17(28)9-11-19)14-22-25(32)30(26(33)38-22)15-23(31)29-18-6-4-3-5-7-18/h3-14H,2,15H2,1H3,(H,29,31)/b22-14-. The zero-order valence-electron chi connectivity index (χ0n) is 20.2. The van der Waals surface area contributed by atoms with Crippen LogP contribution in [0.25, 0.3) is 6.08 Å². The number of anilines is 1. The highest BCUT2D eigenvalue weighted by Crippen LogP contribution is 2.40. The molecule has 0 unspecified atom stereocenters. The Kier molecular flexibility index (Phi) is 9.01. The van der Waals surface area contributed by atoms with Gasteiger partial charge >= 0.3 is 10.1 Å². The number of para-hydroxylation sites is 1. The van der Waals surface area contributed by atoms with Crippen molar-refractivity contribution in [3.8, 4) is 11.5 Å². The molecule has 1 fully saturated rings. The molecule has 1 N–H and O–H groups in total. The van der Waals surface area contributed by atoms with Gasteiger partial charge in [0.05, 0.1) is 16.0 Å². The molecule has 0 aliphatic carbocycles. The molecule has 1 heterocycles. The molecule has 39 heavy (non-hydrogen) atoms. The third-order valence-electron chi connectivity index (χ3n) is 5.16. The lowest BCUT2D eigenvalue weighted by Gasteiger charge is -2.15. The molecule has 3 amide bonds. The van der Waals surface area contributed by atoms with Gasteiger partial charge in [-0.25, -0.2) is 0 Å². The molecule has 0 spiro atoms. The summed E-state index contributed by atoms with van der Waals surface area (Å²) in [6.07, 6.45) is 1.45. The van der Waals surface area contributed by atoms with Crippen LogP contribution in [0.3, 0.4) is 0 Å². The van der Waals surface area contributed by atoms with Gasteiger partial charge in [0.25, 0.3) is 11.1 Å². The van der Waals surface area contributed by atoms with Crippen molar-refractivity contribution in [3.63, 3.8) is 0 Å². The molecule has 4 rings (SSSR count). The van der Waals surface area contributed by atoms with Gasteiger partial charge in [-0.1, -0.05) is 29.8 Å². The van der Waals surface area contributed by atoms with Crippen LogP contribution in [0.15, 0.2) is 81.0 Å². The van der Waals surface area contributed by atoms with Crippen molar-refractivity contribution in [2.45, 2.75) is 11.8 Å². The third kappa shape index (κ3) is 7.01. The molecule has 0 radical (unpaired) electrons. The Hall–Kier alpha value is -3.32. The predicted octanol–water partition coefficient (Wildman–Crippen LogP) is 5.94. The zero-order valence-corrected chi connectivity index (χ0v) is 24.2. The number of benzene rings is 3.